The van der Waals surface area contributed by atoms with Crippen molar-refractivity contribution >= 4 is 23.2 Å². The zero-order valence-corrected chi connectivity index (χ0v) is 24.6. The second-order valence-corrected chi connectivity index (χ2v) is 11.1. The molecule has 0 spiro atoms. The highest BCUT2D eigenvalue weighted by molar-refractivity contribution is 6.07. The molecule has 0 aliphatic carbocycles. The maximum Gasteiger partial charge on any atom is 0.417 e. The number of hydrogen-bond donors (Lipinski definition) is 1. The third kappa shape index (κ3) is 6.11. The van der Waals surface area contributed by atoms with E-state index in [0.717, 1.165) is 16.8 Å². The van der Waals surface area contributed by atoms with E-state index in [-0.39, 0.29) is 23.3 Å². The number of aryl methyl sites for hydroxylation is 1. The van der Waals surface area contributed by atoms with E-state index in [0.29, 0.717) is 51.4 Å². The molecule has 0 unspecified atom stereocenters. The molecule has 2 fully saturated rings. The summed E-state index contributed by atoms with van der Waals surface area (Å²) in [6.07, 6.45) is -1.81. The molecule has 0 radical (unpaired) electrons. The van der Waals surface area contributed by atoms with Crippen LogP contribution < -0.4 is 20.7 Å². The van der Waals surface area contributed by atoms with Crippen LogP contribution in [0.15, 0.2) is 35.5 Å². The van der Waals surface area contributed by atoms with E-state index in [2.05, 4.69) is 20.2 Å². The Bertz CT molecular complexity index is 1590. The molecule has 2 aliphatic heterocycles. The van der Waals surface area contributed by atoms with Crippen molar-refractivity contribution in [2.45, 2.75) is 32.1 Å². The Labute approximate surface area is 250 Å². The van der Waals surface area contributed by atoms with Crippen LogP contribution >= 0.6 is 0 Å². The molecule has 1 aromatic carbocycles. The number of carbonyl (C=O) groups is 1. The van der Waals surface area contributed by atoms with Gasteiger partial charge in [-0.2, -0.15) is 13.2 Å². The molecule has 4 heterocycles. The van der Waals surface area contributed by atoms with Gasteiger partial charge in [0.15, 0.2) is 5.82 Å². The third-order valence-electron chi connectivity index (χ3n) is 8.14. The lowest BCUT2D eigenvalue weighted by Gasteiger charge is -2.44. The van der Waals surface area contributed by atoms with Crippen molar-refractivity contribution in [2.24, 2.45) is 7.05 Å². The predicted octanol–water partition coefficient (Wildman–Crippen LogP) is 3.76. The average Bonchev–Trinajstić information content (AvgIpc) is 2.98. The van der Waals surface area contributed by atoms with Crippen molar-refractivity contribution < 1.29 is 31.5 Å². The Morgan fingerprint density at radius 2 is 1.61 bits per heavy atom. The summed E-state index contributed by atoms with van der Waals surface area (Å²) in [4.78, 5) is 39.5. The van der Waals surface area contributed by atoms with E-state index in [1.165, 1.54) is 19.4 Å². The summed E-state index contributed by atoms with van der Waals surface area (Å²) < 4.78 is 79.9. The Kier molecular flexibility index (Phi) is 8.62. The average molecular weight is 622 g/mol. The van der Waals surface area contributed by atoms with Gasteiger partial charge in [-0.1, -0.05) is 0 Å². The normalized spacial score (nSPS) is 19.8. The van der Waals surface area contributed by atoms with Crippen LogP contribution in [0.1, 0.15) is 29.8 Å². The predicted molar refractivity (Wildman–Crippen MR) is 154 cm³/mol. The summed E-state index contributed by atoms with van der Waals surface area (Å²) >= 11 is 0. The summed E-state index contributed by atoms with van der Waals surface area (Å²) in [5, 5.41) is 2.28. The molecule has 10 nitrogen and oxygen atoms in total. The van der Waals surface area contributed by atoms with Crippen LogP contribution in [0.4, 0.5) is 39.3 Å². The van der Waals surface area contributed by atoms with Gasteiger partial charge in [0.1, 0.15) is 11.5 Å². The van der Waals surface area contributed by atoms with Gasteiger partial charge >= 0.3 is 6.18 Å². The van der Waals surface area contributed by atoms with Gasteiger partial charge in [0.05, 0.1) is 35.6 Å². The Morgan fingerprint density at radius 3 is 2.20 bits per heavy atom. The first-order valence-corrected chi connectivity index (χ1v) is 14.0. The molecule has 44 heavy (non-hydrogen) atoms. The van der Waals surface area contributed by atoms with Crippen molar-refractivity contribution in [1.82, 2.24) is 19.4 Å². The second-order valence-electron chi connectivity index (χ2n) is 11.1. The number of pyridine rings is 1. The molecule has 3 aromatic rings. The largest absolute Gasteiger partial charge is 0.417 e. The number of rotatable bonds is 5. The lowest BCUT2D eigenvalue weighted by molar-refractivity contribution is -0.138. The van der Waals surface area contributed by atoms with Crippen LogP contribution in [-0.4, -0.2) is 83.9 Å². The topological polar surface area (TPSA) is 95.8 Å². The first kappa shape index (κ1) is 31.3. The number of carbonyl (C=O) groups excluding carboxylic acids is 1. The number of halogens is 5. The van der Waals surface area contributed by atoms with Gasteiger partial charge in [0, 0.05) is 81.6 Å². The molecule has 1 amide bonds. The van der Waals surface area contributed by atoms with Gasteiger partial charge in [-0.25, -0.2) is 18.7 Å². The van der Waals surface area contributed by atoms with E-state index >= 15 is 8.78 Å². The van der Waals surface area contributed by atoms with E-state index in [4.69, 9.17) is 4.74 Å². The van der Waals surface area contributed by atoms with Crippen LogP contribution in [0.3, 0.4) is 0 Å². The minimum atomic E-state index is -5.04. The Balaban J connectivity index is 1.61. The van der Waals surface area contributed by atoms with Crippen LogP contribution in [-0.2, 0) is 18.0 Å². The molecule has 2 saturated heterocycles. The fraction of sp³-hybridized carbons (Fsp3) is 0.448. The summed E-state index contributed by atoms with van der Waals surface area (Å²) in [5.41, 5.74) is -4.47. The molecule has 2 atom stereocenters. The summed E-state index contributed by atoms with van der Waals surface area (Å²) in [5.74, 6) is -3.14. The first-order chi connectivity index (χ1) is 20.8. The van der Waals surface area contributed by atoms with Crippen molar-refractivity contribution in [3.05, 3.63) is 63.8 Å². The van der Waals surface area contributed by atoms with Crippen molar-refractivity contribution in [3.63, 3.8) is 0 Å². The lowest BCUT2D eigenvalue weighted by Crippen LogP contribution is -2.55. The Hall–Kier alpha value is -4.11. The van der Waals surface area contributed by atoms with Crippen LogP contribution in [0.25, 0.3) is 11.1 Å². The van der Waals surface area contributed by atoms with Gasteiger partial charge in [0.2, 0.25) is 5.95 Å². The quantitative estimate of drug-likeness (QED) is 0.431. The number of aromatic nitrogens is 3. The van der Waals surface area contributed by atoms with Crippen molar-refractivity contribution in [2.75, 3.05) is 61.6 Å². The van der Waals surface area contributed by atoms with Gasteiger partial charge in [0.25, 0.3) is 11.5 Å². The van der Waals surface area contributed by atoms with Gasteiger partial charge in [-0.3, -0.25) is 14.5 Å². The lowest BCUT2D eigenvalue weighted by atomic mass is 10.0. The molecular formula is C29H32F5N7O3. The highest BCUT2D eigenvalue weighted by Gasteiger charge is 2.37. The number of amides is 1. The van der Waals surface area contributed by atoms with Crippen LogP contribution in [0, 0.1) is 11.6 Å². The molecule has 15 heteroatoms. The number of anilines is 3. The SMILES string of the molecule is C[C@@H]1CN(c2cc(F)c(-c3cnc(N4CCOCC4)nc3)c(F)c2NC(=O)c2cn(C)c(=O)cc2C(F)(F)F)C[C@H](C)N1C. The minimum Gasteiger partial charge on any atom is -0.378 e. The number of likely N-dealkylation sites (N-methyl/N-ethyl adjacent to an activating group) is 1. The second kappa shape index (κ2) is 12.1. The minimum absolute atomic E-state index is 0.0303. The van der Waals surface area contributed by atoms with E-state index in [1.807, 2.05) is 25.8 Å². The maximum atomic E-state index is 16.5. The fourth-order valence-electron chi connectivity index (χ4n) is 5.44. The molecular weight excluding hydrogens is 589 g/mol. The van der Waals surface area contributed by atoms with E-state index < -0.39 is 51.7 Å². The number of ether oxygens (including phenoxy) is 1. The number of nitrogens with zero attached hydrogens (tertiary/aromatic N) is 6. The van der Waals surface area contributed by atoms with Crippen molar-refractivity contribution in [3.8, 4) is 11.1 Å². The number of alkyl halides is 3. The zero-order valence-electron chi connectivity index (χ0n) is 24.6. The van der Waals surface area contributed by atoms with Gasteiger partial charge in [-0.15, -0.1) is 0 Å². The summed E-state index contributed by atoms with van der Waals surface area (Å²) in [6, 6.07) is 1.27. The monoisotopic (exact) mass is 621 g/mol. The van der Waals surface area contributed by atoms with Crippen LogP contribution in [0.5, 0.6) is 0 Å². The number of nitrogens with one attached hydrogen (secondary N) is 1. The molecule has 2 aromatic heterocycles. The molecule has 1 N–H and O–H groups in total. The highest BCUT2D eigenvalue weighted by atomic mass is 19.4. The third-order valence-corrected chi connectivity index (χ3v) is 8.14. The highest BCUT2D eigenvalue weighted by Crippen LogP contribution is 2.40. The molecule has 0 saturated carbocycles. The first-order valence-electron chi connectivity index (χ1n) is 14.0. The molecule has 2 aliphatic rings. The van der Waals surface area contributed by atoms with Gasteiger partial charge in [-0.05, 0) is 20.9 Å². The Morgan fingerprint density at radius 1 is 1.00 bits per heavy atom. The summed E-state index contributed by atoms with van der Waals surface area (Å²) in [7, 11) is 3.10. The maximum absolute atomic E-state index is 16.5. The van der Waals surface area contributed by atoms with Crippen molar-refractivity contribution in [1.29, 1.82) is 0 Å². The fourth-order valence-corrected chi connectivity index (χ4v) is 5.44. The summed E-state index contributed by atoms with van der Waals surface area (Å²) in [6.45, 7) is 6.55. The molecule has 236 valence electrons. The number of piperazine rings is 1. The zero-order chi connectivity index (χ0) is 31.9. The molecule has 5 rings (SSSR count). The van der Waals surface area contributed by atoms with E-state index in [1.54, 1.807) is 4.90 Å². The molecule has 0 bridgehead atoms. The smallest absolute Gasteiger partial charge is 0.378 e. The van der Waals surface area contributed by atoms with Gasteiger partial charge < -0.3 is 24.4 Å². The van der Waals surface area contributed by atoms with E-state index in [9.17, 15) is 22.8 Å². The standard InChI is InChI=1S/C29H32F5N7O3/c1-16-13-41(14-17(2)39(16)4)22-10-21(30)24(18-11-35-28(36-12-18)40-5-7-44-8-6-40)25(31)26(22)37-27(43)19-15-38(3)23(42)9-20(19)29(32,33)34/h9-12,15-17H,5-8,13-14H2,1-4H3,(H,37,43)/t16-,17+. The number of hydrogen-bond acceptors (Lipinski definition) is 8. The van der Waals surface area contributed by atoms with Crippen LogP contribution in [0.2, 0.25) is 0 Å². The number of benzene rings is 1. The number of morpholine rings is 1.